The maximum atomic E-state index is 11.5. The Balaban J connectivity index is 1.46. The number of nitriles is 1. The zero-order valence-electron chi connectivity index (χ0n) is 18.1. The van der Waals surface area contributed by atoms with Gasteiger partial charge in [0.05, 0.1) is 21.8 Å². The molecule has 0 saturated carbocycles. The summed E-state index contributed by atoms with van der Waals surface area (Å²) in [6.45, 7) is 1.80. The Hall–Kier alpha value is -4.54. The molecule has 0 N–H and O–H groups in total. The summed E-state index contributed by atoms with van der Waals surface area (Å²) in [6.07, 6.45) is 1.60. The zero-order chi connectivity index (χ0) is 23.7. The van der Waals surface area contributed by atoms with Crippen molar-refractivity contribution < 1.29 is 9.34 Å². The Labute approximate surface area is 199 Å². The second-order valence-electron chi connectivity index (χ2n) is 7.75. The molecule has 6 nitrogen and oxygen atoms in total. The number of thiazole rings is 1. The van der Waals surface area contributed by atoms with Gasteiger partial charge in [0.15, 0.2) is 0 Å². The van der Waals surface area contributed by atoms with Crippen LogP contribution < -0.4 is 0 Å². The molecule has 0 aliphatic carbocycles. The molecule has 0 atom stereocenters. The van der Waals surface area contributed by atoms with E-state index in [0.717, 1.165) is 27.6 Å². The van der Waals surface area contributed by atoms with Gasteiger partial charge in [-0.15, -0.1) is 11.3 Å². The minimum absolute atomic E-state index is 0.0228. The first-order valence-electron chi connectivity index (χ1n) is 10.4. The van der Waals surface area contributed by atoms with Crippen molar-refractivity contribution in [2.45, 2.75) is 6.92 Å². The molecule has 3 aromatic carbocycles. The van der Waals surface area contributed by atoms with Crippen molar-refractivity contribution in [1.29, 1.82) is 5.26 Å². The topological polar surface area (TPSA) is 93.0 Å². The van der Waals surface area contributed by atoms with Crippen molar-refractivity contribution in [2.24, 2.45) is 0 Å². The van der Waals surface area contributed by atoms with Gasteiger partial charge < -0.3 is 4.42 Å². The maximum absolute atomic E-state index is 11.5. The molecule has 0 unspecified atom stereocenters. The highest BCUT2D eigenvalue weighted by Crippen LogP contribution is 2.34. The van der Waals surface area contributed by atoms with Crippen LogP contribution in [-0.4, -0.2) is 9.91 Å². The summed E-state index contributed by atoms with van der Waals surface area (Å²) >= 11 is 1.38. The monoisotopic (exact) mass is 463 g/mol. The summed E-state index contributed by atoms with van der Waals surface area (Å²) in [5.41, 5.74) is 3.29. The van der Waals surface area contributed by atoms with Crippen LogP contribution in [0.1, 0.15) is 16.3 Å². The fraction of sp³-hybridized carbons (Fsp3) is 0.0370. The van der Waals surface area contributed by atoms with Gasteiger partial charge in [0.2, 0.25) is 0 Å². The molecule has 34 heavy (non-hydrogen) atoms. The Morgan fingerprint density at radius 2 is 1.91 bits per heavy atom. The summed E-state index contributed by atoms with van der Waals surface area (Å²) in [7, 11) is 0. The molecule has 7 heteroatoms. The van der Waals surface area contributed by atoms with E-state index in [4.69, 9.17) is 4.42 Å². The van der Waals surface area contributed by atoms with E-state index in [0.29, 0.717) is 27.7 Å². The molecular formula is C27H17N3O3S. The molecule has 0 saturated heterocycles. The van der Waals surface area contributed by atoms with Gasteiger partial charge >= 0.3 is 0 Å². The van der Waals surface area contributed by atoms with Crippen LogP contribution in [0.4, 0.5) is 5.69 Å². The number of aromatic nitrogens is 1. The van der Waals surface area contributed by atoms with Gasteiger partial charge in [-0.1, -0.05) is 42.5 Å². The molecule has 0 aliphatic heterocycles. The van der Waals surface area contributed by atoms with E-state index in [9.17, 15) is 15.4 Å². The first-order valence-corrected chi connectivity index (χ1v) is 11.3. The van der Waals surface area contributed by atoms with Crippen molar-refractivity contribution in [3.8, 4) is 28.7 Å². The number of nitrogens with zero attached hydrogens (tertiary/aromatic N) is 3. The molecule has 2 aromatic heterocycles. The predicted molar refractivity (Wildman–Crippen MR) is 134 cm³/mol. The van der Waals surface area contributed by atoms with Gasteiger partial charge in [-0.2, -0.15) is 5.26 Å². The zero-order valence-corrected chi connectivity index (χ0v) is 18.9. The lowest BCUT2D eigenvalue weighted by atomic mass is 10.1. The van der Waals surface area contributed by atoms with E-state index in [-0.39, 0.29) is 5.69 Å². The number of hydrogen-bond donors (Lipinski definition) is 0. The highest BCUT2D eigenvalue weighted by atomic mass is 32.1. The van der Waals surface area contributed by atoms with Crippen LogP contribution in [0.3, 0.4) is 0 Å². The van der Waals surface area contributed by atoms with Crippen LogP contribution in [0.25, 0.3) is 45.0 Å². The second kappa shape index (κ2) is 8.77. The number of allylic oxidation sites excluding steroid dienone is 1. The summed E-state index contributed by atoms with van der Waals surface area (Å²) in [4.78, 5) is 15.7. The van der Waals surface area contributed by atoms with E-state index in [2.05, 4.69) is 35.3 Å². The average Bonchev–Trinajstić information content (AvgIpc) is 3.52. The van der Waals surface area contributed by atoms with Gasteiger partial charge in [-0.05, 0) is 47.5 Å². The number of hydrogen-bond acceptors (Lipinski definition) is 6. The van der Waals surface area contributed by atoms with E-state index in [1.54, 1.807) is 37.3 Å². The van der Waals surface area contributed by atoms with Crippen LogP contribution in [0.15, 0.2) is 82.6 Å². The molecular weight excluding hydrogens is 446 g/mol. The average molecular weight is 464 g/mol. The number of nitro benzene ring substituents is 1. The van der Waals surface area contributed by atoms with Crippen molar-refractivity contribution >= 4 is 39.4 Å². The molecule has 5 rings (SSSR count). The van der Waals surface area contributed by atoms with E-state index < -0.39 is 4.92 Å². The Morgan fingerprint density at radius 3 is 2.71 bits per heavy atom. The number of fused-ring (bicyclic) bond motifs is 1. The molecule has 0 bridgehead atoms. The number of nitro groups is 1. The minimum atomic E-state index is -0.426. The third kappa shape index (κ3) is 4.10. The highest BCUT2D eigenvalue weighted by Gasteiger charge is 2.18. The molecule has 2 heterocycles. The number of furan rings is 1. The van der Waals surface area contributed by atoms with Crippen molar-refractivity contribution in [2.75, 3.05) is 0 Å². The number of aryl methyl sites for hydroxylation is 1. The van der Waals surface area contributed by atoms with Gasteiger partial charge in [0.1, 0.15) is 22.6 Å². The molecule has 0 radical (unpaired) electrons. The lowest BCUT2D eigenvalue weighted by Crippen LogP contribution is -1.92. The van der Waals surface area contributed by atoms with E-state index in [1.807, 2.05) is 23.6 Å². The van der Waals surface area contributed by atoms with Gasteiger partial charge in [0.25, 0.3) is 5.69 Å². The normalized spacial score (nSPS) is 11.5. The fourth-order valence-electron chi connectivity index (χ4n) is 3.74. The molecule has 0 fully saturated rings. The van der Waals surface area contributed by atoms with Crippen molar-refractivity contribution in [1.82, 2.24) is 4.98 Å². The van der Waals surface area contributed by atoms with Crippen molar-refractivity contribution in [3.05, 3.63) is 105 Å². The SMILES string of the molecule is Cc1ccc(-c2ccc(/C=C(\C#N)c3nc(-c4ccc5ccccc5c4)cs3)o2)c([N+](=O)[O-])c1. The molecule has 0 aliphatic rings. The van der Waals surface area contributed by atoms with E-state index >= 15 is 0 Å². The number of benzene rings is 3. The fourth-order valence-corrected chi connectivity index (χ4v) is 4.53. The smallest absolute Gasteiger partial charge is 0.280 e. The maximum Gasteiger partial charge on any atom is 0.280 e. The minimum Gasteiger partial charge on any atom is -0.456 e. The van der Waals surface area contributed by atoms with Gasteiger partial charge in [0, 0.05) is 23.1 Å². The van der Waals surface area contributed by atoms with Gasteiger partial charge in [-0.25, -0.2) is 4.98 Å². The van der Waals surface area contributed by atoms with Crippen LogP contribution in [-0.2, 0) is 0 Å². The summed E-state index contributed by atoms with van der Waals surface area (Å²) in [5, 5.41) is 26.0. The van der Waals surface area contributed by atoms with Gasteiger partial charge in [-0.3, -0.25) is 10.1 Å². The summed E-state index contributed by atoms with van der Waals surface area (Å²) in [5.74, 6) is 0.787. The third-order valence-electron chi connectivity index (χ3n) is 5.43. The van der Waals surface area contributed by atoms with Crippen LogP contribution in [0.2, 0.25) is 0 Å². The standard InChI is InChI=1S/C27H17N3O3S/c1-17-6-10-23(25(12-17)30(31)32)26-11-9-22(33-26)14-21(15-28)27-29-24(16-34-27)20-8-7-18-4-2-3-5-19(18)13-20/h2-14,16H,1H3/b21-14+. The summed E-state index contributed by atoms with van der Waals surface area (Å²) < 4.78 is 5.84. The number of rotatable bonds is 5. The highest BCUT2D eigenvalue weighted by molar-refractivity contribution is 7.11. The van der Waals surface area contributed by atoms with Crippen LogP contribution >= 0.6 is 11.3 Å². The Kier molecular flexibility index (Phi) is 5.50. The first-order chi connectivity index (χ1) is 16.5. The Bertz CT molecular complexity index is 1620. The first kappa shape index (κ1) is 21.3. The lowest BCUT2D eigenvalue weighted by molar-refractivity contribution is -0.384. The largest absolute Gasteiger partial charge is 0.456 e. The summed E-state index contributed by atoms with van der Waals surface area (Å²) in [6, 6.07) is 24.8. The van der Waals surface area contributed by atoms with Crippen LogP contribution in [0.5, 0.6) is 0 Å². The Morgan fingerprint density at radius 1 is 1.09 bits per heavy atom. The second-order valence-corrected chi connectivity index (χ2v) is 8.61. The van der Waals surface area contributed by atoms with Crippen molar-refractivity contribution in [3.63, 3.8) is 0 Å². The molecule has 0 spiro atoms. The van der Waals surface area contributed by atoms with Crippen LogP contribution in [0, 0.1) is 28.4 Å². The lowest BCUT2D eigenvalue weighted by Gasteiger charge is -2.01. The molecule has 0 amide bonds. The molecule has 5 aromatic rings. The predicted octanol–water partition coefficient (Wildman–Crippen LogP) is 7.50. The molecule has 164 valence electrons. The third-order valence-corrected chi connectivity index (χ3v) is 6.30. The quantitative estimate of drug-likeness (QED) is 0.153. The van der Waals surface area contributed by atoms with E-state index in [1.165, 1.54) is 17.4 Å².